The van der Waals surface area contributed by atoms with Crippen LogP contribution in [0.4, 0.5) is 0 Å². The van der Waals surface area contributed by atoms with Crippen LogP contribution in [0.15, 0.2) is 103 Å². The second-order valence-corrected chi connectivity index (χ2v) is 14.5. The van der Waals surface area contributed by atoms with Crippen molar-refractivity contribution in [3.05, 3.63) is 131 Å². The quantitative estimate of drug-likeness (QED) is 0.263. The van der Waals surface area contributed by atoms with Crippen molar-refractivity contribution in [3.8, 4) is 0 Å². The van der Waals surface area contributed by atoms with Gasteiger partial charge in [-0.1, -0.05) is 145 Å². The van der Waals surface area contributed by atoms with E-state index in [2.05, 4.69) is 108 Å². The van der Waals surface area contributed by atoms with Crippen molar-refractivity contribution in [1.29, 1.82) is 0 Å². The van der Waals surface area contributed by atoms with Gasteiger partial charge < -0.3 is 4.57 Å². The van der Waals surface area contributed by atoms with Crippen LogP contribution in [-0.2, 0) is 15.4 Å². The highest BCUT2D eigenvalue weighted by Crippen LogP contribution is 2.65. The van der Waals surface area contributed by atoms with E-state index in [4.69, 9.17) is 0 Å². The Labute approximate surface area is 216 Å². The highest BCUT2D eigenvalue weighted by molar-refractivity contribution is 7.88. The van der Waals surface area contributed by atoms with Gasteiger partial charge in [-0.25, -0.2) is 0 Å². The summed E-state index contributed by atoms with van der Waals surface area (Å²) >= 11 is 0. The molecule has 0 amide bonds. The Morgan fingerprint density at radius 3 is 1.53 bits per heavy atom. The third kappa shape index (κ3) is 4.10. The van der Waals surface area contributed by atoms with E-state index in [0.29, 0.717) is 0 Å². The van der Waals surface area contributed by atoms with Gasteiger partial charge in [-0.3, -0.25) is 0 Å². The standard InChI is InChI=1S/C34H35OP/c1-33(2,3)26-20-16-24(17-21-26)31-29-14-10-11-15-30(29)36(35,28-12-8-7-9-13-28)32(31)25-18-22-27(23-19-25)34(4,5)6/h7-23H,1-6H3. The molecule has 1 atom stereocenters. The van der Waals surface area contributed by atoms with E-state index < -0.39 is 7.14 Å². The van der Waals surface area contributed by atoms with Crippen molar-refractivity contribution in [2.24, 2.45) is 0 Å². The molecule has 1 unspecified atom stereocenters. The summed E-state index contributed by atoms with van der Waals surface area (Å²) in [5.74, 6) is 0. The van der Waals surface area contributed by atoms with E-state index in [1.807, 2.05) is 36.4 Å². The van der Waals surface area contributed by atoms with Crippen LogP contribution in [0, 0.1) is 0 Å². The average Bonchev–Trinajstić information content (AvgIpc) is 3.13. The Morgan fingerprint density at radius 1 is 0.528 bits per heavy atom. The van der Waals surface area contributed by atoms with Crippen LogP contribution in [-0.4, -0.2) is 0 Å². The van der Waals surface area contributed by atoms with Crippen molar-refractivity contribution >= 4 is 28.6 Å². The van der Waals surface area contributed by atoms with Gasteiger partial charge in [0.25, 0.3) is 0 Å². The van der Waals surface area contributed by atoms with Gasteiger partial charge in [0.15, 0.2) is 7.14 Å². The zero-order valence-corrected chi connectivity index (χ0v) is 23.1. The Morgan fingerprint density at radius 2 is 1.00 bits per heavy atom. The Kier molecular flexibility index (Phi) is 5.97. The molecule has 0 saturated heterocycles. The molecule has 0 fully saturated rings. The molecule has 2 heteroatoms. The number of hydrogen-bond acceptors (Lipinski definition) is 1. The molecule has 5 rings (SSSR count). The van der Waals surface area contributed by atoms with E-state index in [0.717, 1.165) is 38.2 Å². The minimum atomic E-state index is -3.09. The predicted molar refractivity (Wildman–Crippen MR) is 156 cm³/mol. The molecule has 0 N–H and O–H groups in total. The zero-order valence-electron chi connectivity index (χ0n) is 22.2. The van der Waals surface area contributed by atoms with Gasteiger partial charge in [0.2, 0.25) is 0 Å². The Balaban J connectivity index is 1.83. The summed E-state index contributed by atoms with van der Waals surface area (Å²) in [5, 5.41) is 2.76. The van der Waals surface area contributed by atoms with Gasteiger partial charge in [0.05, 0.1) is 0 Å². The summed E-state index contributed by atoms with van der Waals surface area (Å²) in [5.41, 5.74) is 6.99. The van der Waals surface area contributed by atoms with E-state index in [1.54, 1.807) is 0 Å². The first kappa shape index (κ1) is 24.5. The molecule has 0 saturated carbocycles. The maximum Gasteiger partial charge on any atom is 0.172 e. The second-order valence-electron chi connectivity index (χ2n) is 11.8. The van der Waals surface area contributed by atoms with Gasteiger partial charge in [0, 0.05) is 21.5 Å². The lowest BCUT2D eigenvalue weighted by molar-refractivity contribution is 0.590. The van der Waals surface area contributed by atoms with Crippen LogP contribution >= 0.6 is 7.14 Å². The normalized spacial score (nSPS) is 17.8. The molecular formula is C34H35OP. The lowest BCUT2D eigenvalue weighted by Crippen LogP contribution is -2.15. The maximum absolute atomic E-state index is 15.4. The monoisotopic (exact) mass is 490 g/mol. The topological polar surface area (TPSA) is 17.1 Å². The molecule has 0 bridgehead atoms. The first-order valence-corrected chi connectivity index (χ1v) is 14.4. The molecule has 36 heavy (non-hydrogen) atoms. The first-order valence-electron chi connectivity index (χ1n) is 12.7. The van der Waals surface area contributed by atoms with Gasteiger partial charge in [-0.05, 0) is 38.6 Å². The molecule has 0 radical (unpaired) electrons. The van der Waals surface area contributed by atoms with Crippen molar-refractivity contribution in [1.82, 2.24) is 0 Å². The molecule has 4 aromatic carbocycles. The fourth-order valence-electron chi connectivity index (χ4n) is 5.15. The van der Waals surface area contributed by atoms with E-state index in [9.17, 15) is 0 Å². The molecule has 1 heterocycles. The largest absolute Gasteiger partial charge is 0.309 e. The minimum Gasteiger partial charge on any atom is -0.309 e. The Hall–Kier alpha value is -3.15. The van der Waals surface area contributed by atoms with Crippen molar-refractivity contribution in [3.63, 3.8) is 0 Å². The van der Waals surface area contributed by atoms with Crippen LogP contribution in [0.5, 0.6) is 0 Å². The number of hydrogen-bond donors (Lipinski definition) is 0. The van der Waals surface area contributed by atoms with Crippen LogP contribution < -0.4 is 10.6 Å². The molecule has 1 aliphatic rings. The third-order valence-electron chi connectivity index (χ3n) is 7.25. The summed E-state index contributed by atoms with van der Waals surface area (Å²) in [7, 11) is -3.09. The van der Waals surface area contributed by atoms with Crippen LogP contribution in [0.3, 0.4) is 0 Å². The summed E-state index contributed by atoms with van der Waals surface area (Å²) in [6.45, 7) is 13.4. The van der Waals surface area contributed by atoms with Crippen LogP contribution in [0.1, 0.15) is 69.4 Å². The fraction of sp³-hybridized carbons (Fsp3) is 0.235. The molecule has 0 spiro atoms. The lowest BCUT2D eigenvalue weighted by atomic mass is 9.85. The number of rotatable bonds is 3. The van der Waals surface area contributed by atoms with Gasteiger partial charge in [-0.2, -0.15) is 0 Å². The van der Waals surface area contributed by atoms with Gasteiger partial charge in [0.1, 0.15) is 0 Å². The summed E-state index contributed by atoms with van der Waals surface area (Å²) < 4.78 is 15.4. The third-order valence-corrected chi connectivity index (χ3v) is 10.5. The maximum atomic E-state index is 15.4. The van der Waals surface area contributed by atoms with E-state index in [-0.39, 0.29) is 10.8 Å². The highest BCUT2D eigenvalue weighted by atomic mass is 31.2. The predicted octanol–water partition coefficient (Wildman–Crippen LogP) is 8.53. The van der Waals surface area contributed by atoms with Gasteiger partial charge >= 0.3 is 0 Å². The molecule has 182 valence electrons. The molecule has 4 aromatic rings. The Bertz CT molecular complexity index is 1480. The highest BCUT2D eigenvalue weighted by Gasteiger charge is 2.43. The smallest absolute Gasteiger partial charge is 0.172 e. The van der Waals surface area contributed by atoms with E-state index in [1.165, 1.54) is 11.1 Å². The summed E-state index contributed by atoms with van der Waals surface area (Å²) in [4.78, 5) is 0. The van der Waals surface area contributed by atoms with E-state index >= 15 is 4.57 Å². The molecule has 1 nitrogen and oxygen atoms in total. The molecular weight excluding hydrogens is 455 g/mol. The van der Waals surface area contributed by atoms with Crippen molar-refractivity contribution in [2.75, 3.05) is 0 Å². The number of fused-ring (bicyclic) bond motifs is 1. The van der Waals surface area contributed by atoms with Crippen LogP contribution in [0.25, 0.3) is 10.9 Å². The van der Waals surface area contributed by atoms with Gasteiger partial charge in [-0.15, -0.1) is 0 Å². The minimum absolute atomic E-state index is 0.0558. The average molecular weight is 491 g/mol. The summed E-state index contributed by atoms with van der Waals surface area (Å²) in [6.07, 6.45) is 0. The first-order chi connectivity index (χ1) is 17.0. The lowest BCUT2D eigenvalue weighted by Gasteiger charge is -2.22. The van der Waals surface area contributed by atoms with Crippen molar-refractivity contribution in [2.45, 2.75) is 52.4 Å². The number of benzene rings is 4. The SMILES string of the molecule is CC(C)(C)c1ccc(C2=C(c3ccc(C(C)(C)C)cc3)P(=O)(c3ccccc3)c3ccccc32)cc1. The molecule has 0 aliphatic carbocycles. The molecule has 1 aliphatic heterocycles. The molecule has 0 aromatic heterocycles. The zero-order chi connectivity index (χ0) is 25.7. The van der Waals surface area contributed by atoms with Crippen molar-refractivity contribution < 1.29 is 4.57 Å². The van der Waals surface area contributed by atoms with Crippen LogP contribution in [0.2, 0.25) is 0 Å². The summed E-state index contributed by atoms with van der Waals surface area (Å²) in [6, 6.07) is 35.9. The fourth-order valence-corrected chi connectivity index (χ4v) is 8.42. The second kappa shape index (κ2) is 8.75.